The largest absolute Gasteiger partial charge is 0.469 e. The van der Waals surface area contributed by atoms with E-state index in [2.05, 4.69) is 43.8 Å². The third kappa shape index (κ3) is 5.30. The Morgan fingerprint density at radius 2 is 2.00 bits per heavy atom. The Bertz CT molecular complexity index is 752. The number of allylic oxidation sites excluding steroid dienone is 1. The van der Waals surface area contributed by atoms with E-state index in [0.29, 0.717) is 0 Å². The number of ether oxygens (including phenoxy) is 1. The highest BCUT2D eigenvalue weighted by molar-refractivity contribution is 5.73. The van der Waals surface area contributed by atoms with Crippen molar-refractivity contribution < 1.29 is 9.53 Å². The molecule has 0 aliphatic heterocycles. The summed E-state index contributed by atoms with van der Waals surface area (Å²) >= 11 is 0. The minimum absolute atomic E-state index is 0.183. The fourth-order valence-corrected chi connectivity index (χ4v) is 3.26. The molecule has 0 spiro atoms. The monoisotopic (exact) mass is 351 g/mol. The van der Waals surface area contributed by atoms with Crippen molar-refractivity contribution >= 4 is 5.97 Å². The molecule has 0 bridgehead atoms. The number of rotatable bonds is 9. The van der Waals surface area contributed by atoms with E-state index >= 15 is 0 Å². The van der Waals surface area contributed by atoms with Crippen LogP contribution in [0, 0.1) is 6.92 Å². The summed E-state index contributed by atoms with van der Waals surface area (Å²) in [6, 6.07) is 14.3. The number of aryl methyl sites for hydroxylation is 2. The summed E-state index contributed by atoms with van der Waals surface area (Å²) in [6.07, 6.45) is 6.55. The van der Waals surface area contributed by atoms with Crippen LogP contribution < -0.4 is 5.73 Å². The van der Waals surface area contributed by atoms with Crippen LogP contribution in [0.4, 0.5) is 0 Å². The third-order valence-corrected chi connectivity index (χ3v) is 4.68. The molecule has 0 saturated carbocycles. The first-order chi connectivity index (χ1) is 12.6. The summed E-state index contributed by atoms with van der Waals surface area (Å²) in [5, 5.41) is 0. The van der Waals surface area contributed by atoms with Gasteiger partial charge in [-0.15, -0.1) is 6.58 Å². The lowest BCUT2D eigenvalue weighted by Crippen LogP contribution is -2.16. The molecule has 0 unspecified atom stereocenters. The first kappa shape index (κ1) is 19.9. The fraction of sp³-hybridized carbons (Fsp3) is 0.348. The molecule has 0 aliphatic rings. The molecule has 2 aromatic carbocycles. The van der Waals surface area contributed by atoms with Gasteiger partial charge in [0.15, 0.2) is 0 Å². The molecule has 0 fully saturated rings. The molecule has 3 nitrogen and oxygen atoms in total. The number of esters is 1. The van der Waals surface area contributed by atoms with Gasteiger partial charge in [0.1, 0.15) is 0 Å². The zero-order chi connectivity index (χ0) is 18.9. The molecule has 0 amide bonds. The molecule has 0 heterocycles. The van der Waals surface area contributed by atoms with Gasteiger partial charge in [0, 0.05) is 6.04 Å². The predicted octanol–water partition coefficient (Wildman–Crippen LogP) is 5.12. The number of nitrogens with two attached hydrogens (primary N) is 1. The van der Waals surface area contributed by atoms with Gasteiger partial charge >= 0.3 is 5.97 Å². The molecule has 0 radical (unpaired) electrons. The van der Waals surface area contributed by atoms with Crippen molar-refractivity contribution in [1.82, 2.24) is 0 Å². The minimum Gasteiger partial charge on any atom is -0.469 e. The fourth-order valence-electron chi connectivity index (χ4n) is 3.26. The Hall–Kier alpha value is -2.39. The van der Waals surface area contributed by atoms with Crippen molar-refractivity contribution in [3.05, 3.63) is 71.8 Å². The quantitative estimate of drug-likeness (QED) is 0.387. The molecule has 3 heteroatoms. The van der Waals surface area contributed by atoms with Crippen molar-refractivity contribution in [1.29, 1.82) is 0 Å². The van der Waals surface area contributed by atoms with Gasteiger partial charge in [0.05, 0.1) is 13.5 Å². The zero-order valence-corrected chi connectivity index (χ0v) is 15.8. The van der Waals surface area contributed by atoms with E-state index in [1.807, 2.05) is 18.2 Å². The molecule has 26 heavy (non-hydrogen) atoms. The van der Waals surface area contributed by atoms with Crippen LogP contribution in [0.1, 0.15) is 48.4 Å². The number of hydrogen-bond donors (Lipinski definition) is 1. The van der Waals surface area contributed by atoms with E-state index in [0.717, 1.165) is 36.8 Å². The molecule has 1 atom stereocenters. The number of carbonyl (C=O) groups is 1. The Morgan fingerprint density at radius 3 is 2.73 bits per heavy atom. The second kappa shape index (κ2) is 9.93. The Labute approximate surface area is 156 Å². The van der Waals surface area contributed by atoms with Crippen molar-refractivity contribution in [3.63, 3.8) is 0 Å². The second-order valence-electron chi connectivity index (χ2n) is 6.66. The van der Waals surface area contributed by atoms with Crippen LogP contribution in [0.15, 0.2) is 55.1 Å². The zero-order valence-electron chi connectivity index (χ0n) is 15.8. The lowest BCUT2D eigenvalue weighted by atomic mass is 9.90. The van der Waals surface area contributed by atoms with Crippen LogP contribution in [0.5, 0.6) is 0 Å². The van der Waals surface area contributed by atoms with Gasteiger partial charge in [0.25, 0.3) is 0 Å². The Morgan fingerprint density at radius 1 is 1.23 bits per heavy atom. The molecule has 0 saturated heterocycles. The molecule has 138 valence electrons. The summed E-state index contributed by atoms with van der Waals surface area (Å²) in [6.45, 7) is 5.93. The topological polar surface area (TPSA) is 52.3 Å². The average Bonchev–Trinajstić information content (AvgIpc) is 2.65. The van der Waals surface area contributed by atoms with Gasteiger partial charge in [-0.05, 0) is 66.5 Å². The molecule has 2 rings (SSSR count). The van der Waals surface area contributed by atoms with E-state index in [-0.39, 0.29) is 18.4 Å². The standard InChI is InChI=1S/C23H29NO2/c1-4-5-6-7-11-18-12-8-10-17(2)23(18)20-14-9-13-19(15-20)21(24)16-22(25)26-3/h4,8-10,12-15,21H,1,5-7,11,16,24H2,2-3H3/t21-/m0/s1. The number of methoxy groups -OCH3 is 1. The minimum atomic E-state index is -0.359. The van der Waals surface area contributed by atoms with E-state index in [9.17, 15) is 4.79 Å². The van der Waals surface area contributed by atoms with Gasteiger partial charge in [-0.1, -0.05) is 42.5 Å². The normalized spacial score (nSPS) is 11.8. The summed E-state index contributed by atoms with van der Waals surface area (Å²) < 4.78 is 4.73. The van der Waals surface area contributed by atoms with Gasteiger partial charge in [0.2, 0.25) is 0 Å². The maximum atomic E-state index is 11.5. The van der Waals surface area contributed by atoms with Gasteiger partial charge in [-0.2, -0.15) is 0 Å². The summed E-state index contributed by atoms with van der Waals surface area (Å²) in [5.74, 6) is -0.290. The predicted molar refractivity (Wildman–Crippen MR) is 108 cm³/mol. The lowest BCUT2D eigenvalue weighted by molar-refractivity contribution is -0.141. The number of carbonyl (C=O) groups excluding carboxylic acids is 1. The van der Waals surface area contributed by atoms with Crippen LogP contribution in [-0.4, -0.2) is 13.1 Å². The molecular weight excluding hydrogens is 322 g/mol. The third-order valence-electron chi connectivity index (χ3n) is 4.68. The van der Waals surface area contributed by atoms with E-state index in [1.165, 1.54) is 23.8 Å². The Balaban J connectivity index is 2.28. The SMILES string of the molecule is C=CCCCCc1cccc(C)c1-c1cccc([C@@H](N)CC(=O)OC)c1. The highest BCUT2D eigenvalue weighted by Gasteiger charge is 2.14. The average molecular weight is 351 g/mol. The molecule has 2 aromatic rings. The molecule has 0 aromatic heterocycles. The van der Waals surface area contributed by atoms with Gasteiger partial charge in [-0.3, -0.25) is 4.79 Å². The highest BCUT2D eigenvalue weighted by atomic mass is 16.5. The molecule has 0 aliphatic carbocycles. The highest BCUT2D eigenvalue weighted by Crippen LogP contribution is 2.31. The Kier molecular flexibility index (Phi) is 7.61. The number of hydrogen-bond acceptors (Lipinski definition) is 3. The van der Waals surface area contributed by atoms with Crippen molar-refractivity contribution in [2.75, 3.05) is 7.11 Å². The molecular formula is C23H29NO2. The second-order valence-corrected chi connectivity index (χ2v) is 6.66. The van der Waals surface area contributed by atoms with Crippen molar-refractivity contribution in [2.45, 2.75) is 45.1 Å². The van der Waals surface area contributed by atoms with Crippen LogP contribution in [-0.2, 0) is 16.0 Å². The summed E-state index contributed by atoms with van der Waals surface area (Å²) in [4.78, 5) is 11.5. The van der Waals surface area contributed by atoms with Crippen LogP contribution in [0.3, 0.4) is 0 Å². The van der Waals surface area contributed by atoms with Crippen LogP contribution in [0.25, 0.3) is 11.1 Å². The van der Waals surface area contributed by atoms with E-state index in [1.54, 1.807) is 0 Å². The van der Waals surface area contributed by atoms with E-state index < -0.39 is 0 Å². The first-order valence-electron chi connectivity index (χ1n) is 9.19. The summed E-state index contributed by atoms with van der Waals surface area (Å²) in [7, 11) is 1.39. The van der Waals surface area contributed by atoms with Crippen molar-refractivity contribution in [3.8, 4) is 11.1 Å². The number of unbranched alkanes of at least 4 members (excludes halogenated alkanes) is 2. The van der Waals surface area contributed by atoms with Gasteiger partial charge in [-0.25, -0.2) is 0 Å². The summed E-state index contributed by atoms with van der Waals surface area (Å²) in [5.41, 5.74) is 12.2. The van der Waals surface area contributed by atoms with E-state index in [4.69, 9.17) is 10.5 Å². The lowest BCUT2D eigenvalue weighted by Gasteiger charge is -2.16. The van der Waals surface area contributed by atoms with Crippen molar-refractivity contribution in [2.24, 2.45) is 5.73 Å². The smallest absolute Gasteiger partial charge is 0.307 e. The number of benzene rings is 2. The van der Waals surface area contributed by atoms with Crippen LogP contribution >= 0.6 is 0 Å². The van der Waals surface area contributed by atoms with Gasteiger partial charge < -0.3 is 10.5 Å². The molecule has 2 N–H and O–H groups in total. The maximum absolute atomic E-state index is 11.5. The maximum Gasteiger partial charge on any atom is 0.307 e. The first-order valence-corrected chi connectivity index (χ1v) is 9.19. The van der Waals surface area contributed by atoms with Crippen LogP contribution in [0.2, 0.25) is 0 Å².